The molecule has 0 saturated carbocycles. The summed E-state index contributed by atoms with van der Waals surface area (Å²) in [7, 11) is 0. The fourth-order valence-electron chi connectivity index (χ4n) is 2.01. The van der Waals surface area contributed by atoms with Gasteiger partial charge < -0.3 is 0 Å². The molecule has 2 aromatic carbocycles. The summed E-state index contributed by atoms with van der Waals surface area (Å²) in [5.41, 5.74) is 1.05. The van der Waals surface area contributed by atoms with Crippen LogP contribution in [0.1, 0.15) is 11.1 Å². The first kappa shape index (κ1) is 12.0. The van der Waals surface area contributed by atoms with Gasteiger partial charge >= 0.3 is 0 Å². The van der Waals surface area contributed by atoms with E-state index in [1.54, 1.807) is 26.0 Å². The molecular weight excluding hydrogens is 236 g/mol. The van der Waals surface area contributed by atoms with Crippen LogP contribution in [0.3, 0.4) is 0 Å². The van der Waals surface area contributed by atoms with Gasteiger partial charge in [0.2, 0.25) is 0 Å². The molecule has 0 amide bonds. The van der Waals surface area contributed by atoms with E-state index < -0.39 is 9.85 Å². The number of nitro benzene ring substituents is 2. The molecule has 0 unspecified atom stereocenters. The summed E-state index contributed by atoms with van der Waals surface area (Å²) in [5.74, 6) is 0. The topological polar surface area (TPSA) is 86.3 Å². The first-order valence-corrected chi connectivity index (χ1v) is 5.24. The van der Waals surface area contributed by atoms with Crippen molar-refractivity contribution in [1.82, 2.24) is 0 Å². The Balaban J connectivity index is 2.98. The minimum absolute atomic E-state index is 0.100. The van der Waals surface area contributed by atoms with Gasteiger partial charge in [-0.25, -0.2) is 0 Å². The zero-order valence-electron chi connectivity index (χ0n) is 9.84. The lowest BCUT2D eigenvalue weighted by molar-refractivity contribution is -0.384. The van der Waals surface area contributed by atoms with Crippen molar-refractivity contribution in [2.24, 2.45) is 0 Å². The maximum absolute atomic E-state index is 11.0. The number of nitro groups is 2. The van der Waals surface area contributed by atoms with Crippen molar-refractivity contribution < 1.29 is 9.85 Å². The van der Waals surface area contributed by atoms with Crippen molar-refractivity contribution in [1.29, 1.82) is 0 Å². The maximum Gasteiger partial charge on any atom is 0.277 e. The highest BCUT2D eigenvalue weighted by atomic mass is 16.6. The Morgan fingerprint density at radius 1 is 0.778 bits per heavy atom. The van der Waals surface area contributed by atoms with Crippen LogP contribution in [-0.2, 0) is 0 Å². The first-order valence-electron chi connectivity index (χ1n) is 5.24. The number of benzene rings is 2. The molecule has 0 atom stereocenters. The van der Waals surface area contributed by atoms with E-state index in [-0.39, 0.29) is 11.4 Å². The molecule has 0 aliphatic heterocycles. The van der Waals surface area contributed by atoms with Crippen LogP contribution in [-0.4, -0.2) is 9.85 Å². The summed E-state index contributed by atoms with van der Waals surface area (Å²) >= 11 is 0. The minimum atomic E-state index is -0.515. The Bertz CT molecular complexity index is 620. The fourth-order valence-corrected chi connectivity index (χ4v) is 2.01. The average molecular weight is 246 g/mol. The largest absolute Gasteiger partial charge is 0.277 e. The van der Waals surface area contributed by atoms with E-state index in [4.69, 9.17) is 0 Å². The smallest absolute Gasteiger partial charge is 0.258 e. The third kappa shape index (κ3) is 1.88. The second-order valence-electron chi connectivity index (χ2n) is 4.18. The van der Waals surface area contributed by atoms with E-state index in [1.165, 1.54) is 12.1 Å². The molecule has 92 valence electrons. The summed E-state index contributed by atoms with van der Waals surface area (Å²) in [6.07, 6.45) is 0. The molecule has 0 aliphatic rings. The van der Waals surface area contributed by atoms with E-state index in [0.29, 0.717) is 21.9 Å². The van der Waals surface area contributed by atoms with Gasteiger partial charge in [-0.2, -0.15) is 0 Å². The number of hydrogen-bond donors (Lipinski definition) is 0. The van der Waals surface area contributed by atoms with Crippen LogP contribution in [0.15, 0.2) is 24.3 Å². The zero-order chi connectivity index (χ0) is 13.4. The van der Waals surface area contributed by atoms with Crippen molar-refractivity contribution in [3.8, 4) is 0 Å². The Labute approximate surface area is 102 Å². The van der Waals surface area contributed by atoms with E-state index in [0.717, 1.165) is 0 Å². The fraction of sp³-hybridized carbons (Fsp3) is 0.167. The van der Waals surface area contributed by atoms with Gasteiger partial charge in [0.05, 0.1) is 20.6 Å². The molecule has 0 radical (unpaired) electrons. The predicted molar refractivity (Wildman–Crippen MR) is 66.7 cm³/mol. The number of fused-ring (bicyclic) bond motifs is 1. The highest BCUT2D eigenvalue weighted by Crippen LogP contribution is 2.34. The summed E-state index contributed by atoms with van der Waals surface area (Å²) in [5, 5.41) is 22.6. The van der Waals surface area contributed by atoms with Gasteiger partial charge in [-0.1, -0.05) is 0 Å². The van der Waals surface area contributed by atoms with Crippen molar-refractivity contribution in [2.75, 3.05) is 0 Å². The highest BCUT2D eigenvalue weighted by molar-refractivity contribution is 5.98. The Morgan fingerprint density at radius 3 is 1.39 bits per heavy atom. The van der Waals surface area contributed by atoms with Gasteiger partial charge in [0.15, 0.2) is 0 Å². The summed E-state index contributed by atoms with van der Waals surface area (Å²) in [4.78, 5) is 21.0. The molecule has 18 heavy (non-hydrogen) atoms. The average Bonchev–Trinajstić information content (AvgIpc) is 2.27. The lowest BCUT2D eigenvalue weighted by atomic mass is 10.0. The molecule has 2 aromatic rings. The van der Waals surface area contributed by atoms with Crippen LogP contribution in [0.4, 0.5) is 11.4 Å². The number of hydrogen-bond acceptors (Lipinski definition) is 4. The van der Waals surface area contributed by atoms with Crippen LogP contribution >= 0.6 is 0 Å². The number of aryl methyl sites for hydroxylation is 2. The van der Waals surface area contributed by atoms with E-state index in [1.807, 2.05) is 0 Å². The Hall–Kier alpha value is -2.50. The van der Waals surface area contributed by atoms with Crippen LogP contribution in [0.2, 0.25) is 0 Å². The van der Waals surface area contributed by atoms with Crippen LogP contribution in [0.5, 0.6) is 0 Å². The standard InChI is InChI=1S/C12H10N2O4/c1-7-3-9-10(11(5-7)13(15)16)4-8(2)6-12(9)14(17)18/h3-6H,1-2H3. The monoisotopic (exact) mass is 246 g/mol. The quantitative estimate of drug-likeness (QED) is 0.601. The van der Waals surface area contributed by atoms with E-state index >= 15 is 0 Å². The molecule has 0 saturated heterocycles. The molecule has 0 heterocycles. The van der Waals surface area contributed by atoms with Crippen LogP contribution in [0.25, 0.3) is 10.8 Å². The minimum Gasteiger partial charge on any atom is -0.258 e. The normalized spacial score (nSPS) is 10.6. The lowest BCUT2D eigenvalue weighted by Gasteiger charge is -2.04. The molecule has 0 spiro atoms. The predicted octanol–water partition coefficient (Wildman–Crippen LogP) is 3.27. The lowest BCUT2D eigenvalue weighted by Crippen LogP contribution is -1.95. The van der Waals surface area contributed by atoms with Crippen molar-refractivity contribution in [2.45, 2.75) is 13.8 Å². The van der Waals surface area contributed by atoms with Gasteiger partial charge in [-0.05, 0) is 37.1 Å². The highest BCUT2D eigenvalue weighted by Gasteiger charge is 2.20. The summed E-state index contributed by atoms with van der Waals surface area (Å²) in [6, 6.07) is 6.04. The van der Waals surface area contributed by atoms with Crippen molar-refractivity contribution >= 4 is 22.1 Å². The molecule has 0 aromatic heterocycles. The molecular formula is C12H10N2O4. The molecule has 0 aliphatic carbocycles. The van der Waals surface area contributed by atoms with E-state index in [9.17, 15) is 20.2 Å². The first-order chi connectivity index (χ1) is 8.40. The Morgan fingerprint density at radius 2 is 1.11 bits per heavy atom. The second kappa shape index (κ2) is 4.06. The van der Waals surface area contributed by atoms with Crippen molar-refractivity contribution in [3.05, 3.63) is 55.6 Å². The maximum atomic E-state index is 11.0. The summed E-state index contributed by atoms with van der Waals surface area (Å²) in [6.45, 7) is 3.35. The summed E-state index contributed by atoms with van der Waals surface area (Å²) < 4.78 is 0. The Kier molecular flexibility index (Phi) is 2.70. The molecule has 0 fully saturated rings. The van der Waals surface area contributed by atoms with Gasteiger partial charge in [0, 0.05) is 12.1 Å². The third-order valence-electron chi connectivity index (χ3n) is 2.71. The zero-order valence-corrected chi connectivity index (χ0v) is 9.84. The van der Waals surface area contributed by atoms with E-state index in [2.05, 4.69) is 0 Å². The van der Waals surface area contributed by atoms with Gasteiger partial charge in [0.25, 0.3) is 11.4 Å². The molecule has 6 heteroatoms. The number of non-ortho nitro benzene ring substituents is 2. The number of rotatable bonds is 2. The van der Waals surface area contributed by atoms with Crippen LogP contribution < -0.4 is 0 Å². The van der Waals surface area contributed by atoms with Crippen molar-refractivity contribution in [3.63, 3.8) is 0 Å². The molecule has 0 bridgehead atoms. The van der Waals surface area contributed by atoms with Gasteiger partial charge in [-0.3, -0.25) is 20.2 Å². The van der Waals surface area contributed by atoms with Crippen LogP contribution in [0, 0.1) is 34.1 Å². The molecule has 6 nitrogen and oxygen atoms in total. The van der Waals surface area contributed by atoms with Gasteiger partial charge in [0.1, 0.15) is 0 Å². The molecule has 0 N–H and O–H groups in total. The second-order valence-corrected chi connectivity index (χ2v) is 4.18. The SMILES string of the molecule is Cc1cc([N+](=O)[O-])c2cc(C)cc([N+](=O)[O-])c2c1. The third-order valence-corrected chi connectivity index (χ3v) is 2.71. The number of nitrogens with zero attached hydrogens (tertiary/aromatic N) is 2. The van der Waals surface area contributed by atoms with Gasteiger partial charge in [-0.15, -0.1) is 0 Å². The molecule has 2 rings (SSSR count).